The van der Waals surface area contributed by atoms with E-state index < -0.39 is 0 Å². The second kappa shape index (κ2) is 3.50. The second-order valence-corrected chi connectivity index (χ2v) is 3.91. The first kappa shape index (κ1) is 8.75. The first-order chi connectivity index (χ1) is 6.29. The van der Waals surface area contributed by atoms with E-state index in [-0.39, 0.29) is 0 Å². The number of fused-ring (bicyclic) bond motifs is 1. The molecule has 0 saturated carbocycles. The van der Waals surface area contributed by atoms with Gasteiger partial charge in [0.1, 0.15) is 5.82 Å². The molecule has 0 aliphatic heterocycles. The summed E-state index contributed by atoms with van der Waals surface area (Å²) in [6.07, 6.45) is 1.06. The lowest BCUT2D eigenvalue weighted by Crippen LogP contribution is -1.84. The lowest BCUT2D eigenvalue weighted by Gasteiger charge is -1.95. The van der Waals surface area contributed by atoms with E-state index in [4.69, 9.17) is 0 Å². The van der Waals surface area contributed by atoms with Gasteiger partial charge in [0.25, 0.3) is 0 Å². The Balaban J connectivity index is 2.48. The molecule has 2 rings (SSSR count). The van der Waals surface area contributed by atoms with Crippen LogP contribution in [0.15, 0.2) is 18.2 Å². The highest BCUT2D eigenvalue weighted by Gasteiger charge is 1.99. The van der Waals surface area contributed by atoms with Crippen molar-refractivity contribution < 1.29 is 0 Å². The Labute approximate surface area is 85.5 Å². The van der Waals surface area contributed by atoms with Crippen LogP contribution in [0.2, 0.25) is 0 Å². The van der Waals surface area contributed by atoms with Crippen molar-refractivity contribution in [2.45, 2.75) is 13.3 Å². The number of aromatic amines is 1. The third kappa shape index (κ3) is 1.75. The number of rotatable bonds is 2. The molecule has 2 nitrogen and oxygen atoms in total. The van der Waals surface area contributed by atoms with Crippen molar-refractivity contribution in [3.8, 4) is 0 Å². The summed E-state index contributed by atoms with van der Waals surface area (Å²) in [5.41, 5.74) is 3.52. The van der Waals surface area contributed by atoms with Gasteiger partial charge < -0.3 is 4.98 Å². The predicted octanol–water partition coefficient (Wildman–Crippen LogP) is 2.81. The zero-order valence-corrected chi connectivity index (χ0v) is 9.06. The van der Waals surface area contributed by atoms with Crippen LogP contribution in [0.3, 0.4) is 0 Å². The first-order valence-corrected chi connectivity index (χ1v) is 5.43. The normalized spacial score (nSPS) is 10.9. The Morgan fingerprint density at radius 3 is 3.08 bits per heavy atom. The molecule has 0 spiro atoms. The quantitative estimate of drug-likeness (QED) is 0.802. The molecule has 2 aromatic rings. The molecule has 68 valence electrons. The van der Waals surface area contributed by atoms with Crippen molar-refractivity contribution in [2.24, 2.45) is 0 Å². The zero-order valence-electron chi connectivity index (χ0n) is 7.47. The largest absolute Gasteiger partial charge is 0.342 e. The smallest absolute Gasteiger partial charge is 0.104 e. The Morgan fingerprint density at radius 2 is 2.31 bits per heavy atom. The van der Waals surface area contributed by atoms with Crippen LogP contribution >= 0.6 is 15.9 Å². The lowest BCUT2D eigenvalue weighted by atomic mass is 10.1. The molecular formula is C10H11BrN2. The number of hydrogen-bond acceptors (Lipinski definition) is 1. The Bertz CT molecular complexity index is 420. The van der Waals surface area contributed by atoms with E-state index >= 15 is 0 Å². The topological polar surface area (TPSA) is 28.7 Å². The maximum absolute atomic E-state index is 4.39. The minimum Gasteiger partial charge on any atom is -0.342 e. The van der Waals surface area contributed by atoms with Crippen molar-refractivity contribution in [1.29, 1.82) is 0 Å². The molecule has 0 fully saturated rings. The van der Waals surface area contributed by atoms with E-state index in [2.05, 4.69) is 44.1 Å². The second-order valence-electron chi connectivity index (χ2n) is 3.11. The molecule has 1 N–H and O–H groups in total. The van der Waals surface area contributed by atoms with Gasteiger partial charge in [-0.1, -0.05) is 22.0 Å². The summed E-state index contributed by atoms with van der Waals surface area (Å²) in [4.78, 5) is 7.59. The van der Waals surface area contributed by atoms with E-state index in [1.165, 1.54) is 5.56 Å². The number of hydrogen-bond donors (Lipinski definition) is 1. The standard InChI is InChI=1S/C10H11BrN2/c1-7-12-9-3-2-8(4-5-11)6-10(9)13-7/h2-3,6H,4-5H2,1H3,(H,12,13). The summed E-state index contributed by atoms with van der Waals surface area (Å²) in [7, 11) is 0. The molecule has 0 aliphatic carbocycles. The van der Waals surface area contributed by atoms with Crippen LogP contribution in [-0.2, 0) is 6.42 Å². The molecule has 3 heteroatoms. The fourth-order valence-electron chi connectivity index (χ4n) is 1.44. The molecular weight excluding hydrogens is 228 g/mol. The summed E-state index contributed by atoms with van der Waals surface area (Å²) >= 11 is 3.43. The van der Waals surface area contributed by atoms with Gasteiger partial charge in [-0.2, -0.15) is 0 Å². The van der Waals surface area contributed by atoms with E-state index in [9.17, 15) is 0 Å². The Morgan fingerprint density at radius 1 is 1.46 bits per heavy atom. The summed E-state index contributed by atoms with van der Waals surface area (Å²) < 4.78 is 0. The first-order valence-electron chi connectivity index (χ1n) is 4.31. The Hall–Kier alpha value is -0.830. The van der Waals surface area contributed by atoms with E-state index in [0.29, 0.717) is 0 Å². The molecule has 1 heterocycles. The molecule has 0 unspecified atom stereocenters. The number of aromatic nitrogens is 2. The van der Waals surface area contributed by atoms with Crippen LogP contribution in [0, 0.1) is 6.92 Å². The maximum Gasteiger partial charge on any atom is 0.104 e. The fraction of sp³-hybridized carbons (Fsp3) is 0.300. The molecule has 0 amide bonds. The van der Waals surface area contributed by atoms with Crippen molar-refractivity contribution in [2.75, 3.05) is 5.33 Å². The number of halogens is 1. The lowest BCUT2D eigenvalue weighted by molar-refractivity contribution is 1.16. The average molecular weight is 239 g/mol. The number of imidazole rings is 1. The van der Waals surface area contributed by atoms with Crippen LogP contribution in [-0.4, -0.2) is 15.3 Å². The molecule has 0 atom stereocenters. The molecule has 0 radical (unpaired) electrons. The molecule has 1 aromatic heterocycles. The molecule has 13 heavy (non-hydrogen) atoms. The van der Waals surface area contributed by atoms with Gasteiger partial charge in [-0.3, -0.25) is 0 Å². The minimum atomic E-state index is 0.978. The zero-order chi connectivity index (χ0) is 9.26. The van der Waals surface area contributed by atoms with Gasteiger partial charge in [0, 0.05) is 5.33 Å². The number of nitrogens with one attached hydrogen (secondary N) is 1. The molecule has 1 aromatic carbocycles. The third-order valence-electron chi connectivity index (χ3n) is 2.05. The predicted molar refractivity (Wildman–Crippen MR) is 58.3 cm³/mol. The van der Waals surface area contributed by atoms with Crippen LogP contribution < -0.4 is 0 Å². The van der Waals surface area contributed by atoms with Crippen molar-refractivity contribution >= 4 is 27.0 Å². The van der Waals surface area contributed by atoms with E-state index in [1.807, 2.05) is 6.92 Å². The maximum atomic E-state index is 4.39. The van der Waals surface area contributed by atoms with Gasteiger partial charge in [0.15, 0.2) is 0 Å². The summed E-state index contributed by atoms with van der Waals surface area (Å²) in [5, 5.41) is 1.00. The van der Waals surface area contributed by atoms with Gasteiger partial charge >= 0.3 is 0 Å². The molecule has 0 bridgehead atoms. The summed E-state index contributed by atoms with van der Waals surface area (Å²) in [6, 6.07) is 6.37. The van der Waals surface area contributed by atoms with Crippen LogP contribution in [0.5, 0.6) is 0 Å². The van der Waals surface area contributed by atoms with Gasteiger partial charge in [-0.25, -0.2) is 4.98 Å². The minimum absolute atomic E-state index is 0.978. The van der Waals surface area contributed by atoms with Gasteiger partial charge in [-0.05, 0) is 31.0 Å². The van der Waals surface area contributed by atoms with E-state index in [1.54, 1.807) is 0 Å². The molecule has 0 saturated heterocycles. The van der Waals surface area contributed by atoms with Crippen molar-refractivity contribution in [1.82, 2.24) is 9.97 Å². The highest BCUT2D eigenvalue weighted by molar-refractivity contribution is 9.09. The van der Waals surface area contributed by atoms with E-state index in [0.717, 1.165) is 28.6 Å². The number of aryl methyl sites for hydroxylation is 2. The molecule has 0 aliphatic rings. The van der Waals surface area contributed by atoms with Crippen LogP contribution in [0.4, 0.5) is 0 Å². The highest BCUT2D eigenvalue weighted by Crippen LogP contribution is 2.14. The van der Waals surface area contributed by atoms with Crippen LogP contribution in [0.25, 0.3) is 11.0 Å². The van der Waals surface area contributed by atoms with Crippen LogP contribution in [0.1, 0.15) is 11.4 Å². The van der Waals surface area contributed by atoms with Gasteiger partial charge in [-0.15, -0.1) is 0 Å². The average Bonchev–Trinajstić information content (AvgIpc) is 2.44. The number of nitrogens with zero attached hydrogens (tertiary/aromatic N) is 1. The number of H-pyrrole nitrogens is 1. The number of benzene rings is 1. The monoisotopic (exact) mass is 238 g/mol. The number of alkyl halides is 1. The SMILES string of the molecule is Cc1nc2cc(CCBr)ccc2[nH]1. The summed E-state index contributed by atoms with van der Waals surface area (Å²) in [5.74, 6) is 0.978. The Kier molecular flexibility index (Phi) is 2.36. The fourth-order valence-corrected chi connectivity index (χ4v) is 1.90. The highest BCUT2D eigenvalue weighted by atomic mass is 79.9. The van der Waals surface area contributed by atoms with Gasteiger partial charge in [0.05, 0.1) is 11.0 Å². The third-order valence-corrected chi connectivity index (χ3v) is 2.45. The van der Waals surface area contributed by atoms with Gasteiger partial charge in [0.2, 0.25) is 0 Å². The summed E-state index contributed by atoms with van der Waals surface area (Å²) in [6.45, 7) is 1.98. The van der Waals surface area contributed by atoms with Crippen molar-refractivity contribution in [3.05, 3.63) is 29.6 Å². The van der Waals surface area contributed by atoms with Crippen molar-refractivity contribution in [3.63, 3.8) is 0 Å².